The Balaban J connectivity index is 1.48. The Hall–Kier alpha value is -0.940. The fourth-order valence-electron chi connectivity index (χ4n) is 2.88. The maximum Gasteiger partial charge on any atom is 0.140 e. The summed E-state index contributed by atoms with van der Waals surface area (Å²) in [6.07, 6.45) is 5.77. The summed E-state index contributed by atoms with van der Waals surface area (Å²) >= 11 is 0. The van der Waals surface area contributed by atoms with Crippen LogP contribution in [0.25, 0.3) is 0 Å². The molecule has 2 heterocycles. The van der Waals surface area contributed by atoms with Crippen molar-refractivity contribution in [1.82, 2.24) is 25.0 Å². The van der Waals surface area contributed by atoms with Crippen molar-refractivity contribution in [1.29, 1.82) is 0 Å². The average Bonchev–Trinajstić information content (AvgIpc) is 2.96. The lowest BCUT2D eigenvalue weighted by Crippen LogP contribution is -2.33. The second kappa shape index (κ2) is 5.59. The molecule has 1 aliphatic heterocycles. The van der Waals surface area contributed by atoms with Gasteiger partial charge in [-0.2, -0.15) is 5.10 Å². The van der Waals surface area contributed by atoms with E-state index in [2.05, 4.69) is 34.1 Å². The fraction of sp³-hybridized carbons (Fsp3) is 0.857. The molecule has 0 aromatic carbocycles. The van der Waals surface area contributed by atoms with Gasteiger partial charge >= 0.3 is 0 Å². The number of nitrogens with zero attached hydrogens (tertiary/aromatic N) is 4. The van der Waals surface area contributed by atoms with Crippen molar-refractivity contribution in [3.05, 3.63) is 12.2 Å². The molecule has 0 bridgehead atoms. The zero-order valence-electron chi connectivity index (χ0n) is 12.0. The van der Waals surface area contributed by atoms with Crippen LogP contribution in [0, 0.1) is 5.92 Å². The van der Waals surface area contributed by atoms with E-state index >= 15 is 0 Å². The van der Waals surface area contributed by atoms with Crippen LogP contribution in [0.5, 0.6) is 0 Å². The summed E-state index contributed by atoms with van der Waals surface area (Å²) in [5, 5.41) is 7.96. The summed E-state index contributed by atoms with van der Waals surface area (Å²) in [5.74, 6) is 1.68. The van der Waals surface area contributed by atoms with Gasteiger partial charge in [0.15, 0.2) is 0 Å². The molecule has 1 aromatic rings. The number of hydrogen-bond donors (Lipinski definition) is 1. The highest BCUT2D eigenvalue weighted by atomic mass is 15.3. The highest BCUT2D eigenvalue weighted by Crippen LogP contribution is 2.29. The molecule has 0 amide bonds. The van der Waals surface area contributed by atoms with Gasteiger partial charge in [0.1, 0.15) is 12.2 Å². The number of likely N-dealkylation sites (tertiary alicyclic amines) is 1. The summed E-state index contributed by atoms with van der Waals surface area (Å²) in [6.45, 7) is 8.70. The van der Waals surface area contributed by atoms with Gasteiger partial charge in [0, 0.05) is 31.7 Å². The molecule has 1 atom stereocenters. The minimum atomic E-state index is 0.609. The molecule has 1 N–H and O–H groups in total. The van der Waals surface area contributed by atoms with Gasteiger partial charge < -0.3 is 5.32 Å². The Morgan fingerprint density at radius 1 is 1.37 bits per heavy atom. The smallest absolute Gasteiger partial charge is 0.140 e. The minimum Gasteiger partial charge on any atom is -0.306 e. The zero-order chi connectivity index (χ0) is 13.2. The molecule has 1 saturated carbocycles. The summed E-state index contributed by atoms with van der Waals surface area (Å²) in [7, 11) is 0. The van der Waals surface area contributed by atoms with Gasteiger partial charge in [-0.05, 0) is 25.2 Å². The topological polar surface area (TPSA) is 46.0 Å². The average molecular weight is 263 g/mol. The van der Waals surface area contributed by atoms with E-state index in [4.69, 9.17) is 0 Å². The molecule has 2 fully saturated rings. The Kier molecular flexibility index (Phi) is 3.84. The first-order chi connectivity index (χ1) is 9.22. The van der Waals surface area contributed by atoms with Crippen LogP contribution >= 0.6 is 0 Å². The highest BCUT2D eigenvalue weighted by molar-refractivity contribution is 4.93. The van der Waals surface area contributed by atoms with Gasteiger partial charge in [0.25, 0.3) is 0 Å². The van der Waals surface area contributed by atoms with E-state index in [1.165, 1.54) is 32.4 Å². The molecule has 1 saturated heterocycles. The van der Waals surface area contributed by atoms with Gasteiger partial charge in [-0.15, -0.1) is 0 Å². The summed E-state index contributed by atoms with van der Waals surface area (Å²) in [4.78, 5) is 7.01. The van der Waals surface area contributed by atoms with Crippen molar-refractivity contribution in [3.63, 3.8) is 0 Å². The summed E-state index contributed by atoms with van der Waals surface area (Å²) in [6, 6.07) is 1.53. The lowest BCUT2D eigenvalue weighted by atomic mass is 10.2. The Bertz CT molecular complexity index is 410. The molecule has 19 heavy (non-hydrogen) atoms. The highest BCUT2D eigenvalue weighted by Gasteiger charge is 2.34. The van der Waals surface area contributed by atoms with Crippen LogP contribution in [-0.2, 0) is 13.1 Å². The Morgan fingerprint density at radius 2 is 2.21 bits per heavy atom. The van der Waals surface area contributed by atoms with Crippen LogP contribution in [0.4, 0.5) is 0 Å². The molecule has 1 unspecified atom stereocenters. The molecule has 3 rings (SSSR count). The first-order valence-corrected chi connectivity index (χ1v) is 7.56. The quantitative estimate of drug-likeness (QED) is 0.839. The predicted octanol–water partition coefficient (Wildman–Crippen LogP) is 1.26. The third kappa shape index (κ3) is 3.34. The molecular weight excluding hydrogens is 238 g/mol. The molecule has 2 aliphatic rings. The normalized spacial score (nSPS) is 24.5. The van der Waals surface area contributed by atoms with Gasteiger partial charge in [-0.1, -0.05) is 13.8 Å². The molecular formula is C14H25N5. The van der Waals surface area contributed by atoms with Crippen molar-refractivity contribution in [2.75, 3.05) is 13.1 Å². The summed E-state index contributed by atoms with van der Waals surface area (Å²) < 4.78 is 2.03. The van der Waals surface area contributed by atoms with Crippen LogP contribution in [0.3, 0.4) is 0 Å². The van der Waals surface area contributed by atoms with Gasteiger partial charge in [0.05, 0.1) is 6.54 Å². The van der Waals surface area contributed by atoms with Crippen molar-refractivity contribution in [2.45, 2.75) is 58.3 Å². The SMILES string of the molecule is CC(C)Cn1ncnc1CNC1CCN(C2CC2)C1. The van der Waals surface area contributed by atoms with E-state index in [1.54, 1.807) is 6.33 Å². The summed E-state index contributed by atoms with van der Waals surface area (Å²) in [5.41, 5.74) is 0. The minimum absolute atomic E-state index is 0.609. The standard InChI is InChI=1S/C14H25N5/c1-11(2)8-19-14(16-10-17-19)7-15-12-5-6-18(9-12)13-3-4-13/h10-13,15H,3-9H2,1-2H3. The van der Waals surface area contributed by atoms with Crippen molar-refractivity contribution < 1.29 is 0 Å². The third-order valence-electron chi connectivity index (χ3n) is 4.07. The number of nitrogens with one attached hydrogen (secondary N) is 1. The lowest BCUT2D eigenvalue weighted by molar-refractivity contribution is 0.316. The van der Waals surface area contributed by atoms with Crippen LogP contribution in [0.1, 0.15) is 38.9 Å². The zero-order valence-corrected chi connectivity index (χ0v) is 12.0. The number of hydrogen-bond acceptors (Lipinski definition) is 4. The van der Waals surface area contributed by atoms with Crippen molar-refractivity contribution in [3.8, 4) is 0 Å². The predicted molar refractivity (Wildman–Crippen MR) is 74.7 cm³/mol. The molecule has 1 aliphatic carbocycles. The van der Waals surface area contributed by atoms with E-state index in [9.17, 15) is 0 Å². The Labute approximate surface area is 115 Å². The molecule has 0 spiro atoms. The molecule has 5 heteroatoms. The second-order valence-electron chi connectivity index (χ2n) is 6.34. The Morgan fingerprint density at radius 3 is 2.95 bits per heavy atom. The van der Waals surface area contributed by atoms with Crippen LogP contribution in [-0.4, -0.2) is 44.8 Å². The fourth-order valence-corrected chi connectivity index (χ4v) is 2.88. The molecule has 106 valence electrons. The van der Waals surface area contributed by atoms with Gasteiger partial charge in [-0.3, -0.25) is 4.90 Å². The van der Waals surface area contributed by atoms with Crippen LogP contribution in [0.15, 0.2) is 6.33 Å². The number of aromatic nitrogens is 3. The maximum absolute atomic E-state index is 4.37. The second-order valence-corrected chi connectivity index (χ2v) is 6.34. The van der Waals surface area contributed by atoms with Gasteiger partial charge in [0.2, 0.25) is 0 Å². The number of rotatable bonds is 6. The monoisotopic (exact) mass is 263 g/mol. The molecule has 1 aromatic heterocycles. The van der Waals surface area contributed by atoms with E-state index in [-0.39, 0.29) is 0 Å². The van der Waals surface area contributed by atoms with E-state index in [1.807, 2.05) is 4.68 Å². The lowest BCUT2D eigenvalue weighted by Gasteiger charge is -2.16. The van der Waals surface area contributed by atoms with E-state index in [0.717, 1.165) is 25.0 Å². The molecule has 5 nitrogen and oxygen atoms in total. The van der Waals surface area contributed by atoms with Crippen LogP contribution < -0.4 is 5.32 Å². The van der Waals surface area contributed by atoms with Crippen molar-refractivity contribution >= 4 is 0 Å². The first-order valence-electron chi connectivity index (χ1n) is 7.56. The van der Waals surface area contributed by atoms with E-state index < -0.39 is 0 Å². The largest absolute Gasteiger partial charge is 0.306 e. The maximum atomic E-state index is 4.37. The van der Waals surface area contributed by atoms with E-state index in [0.29, 0.717) is 12.0 Å². The molecule has 0 radical (unpaired) electrons. The first kappa shape index (κ1) is 13.1. The van der Waals surface area contributed by atoms with Crippen molar-refractivity contribution in [2.24, 2.45) is 5.92 Å². The van der Waals surface area contributed by atoms with Gasteiger partial charge in [-0.25, -0.2) is 9.67 Å². The van der Waals surface area contributed by atoms with Crippen LogP contribution in [0.2, 0.25) is 0 Å². The third-order valence-corrected chi connectivity index (χ3v) is 4.07.